The summed E-state index contributed by atoms with van der Waals surface area (Å²) in [6, 6.07) is 10.4. The lowest BCUT2D eigenvalue weighted by molar-refractivity contribution is -0.0238. The Kier molecular flexibility index (Phi) is 4.49. The van der Waals surface area contributed by atoms with E-state index in [2.05, 4.69) is 15.9 Å². The molecular formula is C16H14BrNO5. The van der Waals surface area contributed by atoms with Crippen LogP contribution < -0.4 is 0 Å². The highest BCUT2D eigenvalue weighted by Crippen LogP contribution is 2.25. The Balaban J connectivity index is 1.75. The number of rotatable bonds is 3. The summed E-state index contributed by atoms with van der Waals surface area (Å²) in [5.41, 5.74) is 0.975. The van der Waals surface area contributed by atoms with Crippen molar-refractivity contribution in [3.05, 3.63) is 58.0 Å². The van der Waals surface area contributed by atoms with Gasteiger partial charge in [0.1, 0.15) is 6.10 Å². The van der Waals surface area contributed by atoms with E-state index < -0.39 is 5.97 Å². The van der Waals surface area contributed by atoms with E-state index in [1.807, 2.05) is 24.3 Å². The van der Waals surface area contributed by atoms with Crippen LogP contribution in [0.1, 0.15) is 32.8 Å². The zero-order valence-corrected chi connectivity index (χ0v) is 13.7. The second kappa shape index (κ2) is 6.55. The van der Waals surface area contributed by atoms with Crippen molar-refractivity contribution < 1.29 is 23.8 Å². The molecule has 3 rings (SSSR count). The van der Waals surface area contributed by atoms with E-state index in [0.717, 1.165) is 10.0 Å². The smallest absolute Gasteiger partial charge is 0.371 e. The van der Waals surface area contributed by atoms with Crippen LogP contribution in [-0.4, -0.2) is 41.6 Å². The number of amides is 1. The van der Waals surface area contributed by atoms with Gasteiger partial charge in [-0.2, -0.15) is 0 Å². The highest BCUT2D eigenvalue weighted by atomic mass is 79.9. The second-order valence-corrected chi connectivity index (χ2v) is 6.05. The first kappa shape index (κ1) is 15.8. The quantitative estimate of drug-likeness (QED) is 0.886. The van der Waals surface area contributed by atoms with Gasteiger partial charge in [0.25, 0.3) is 5.91 Å². The largest absolute Gasteiger partial charge is 0.475 e. The number of ether oxygens (including phenoxy) is 1. The first-order chi connectivity index (χ1) is 11.0. The molecule has 1 atom stereocenters. The van der Waals surface area contributed by atoms with Crippen LogP contribution in [0.25, 0.3) is 0 Å². The summed E-state index contributed by atoms with van der Waals surface area (Å²) in [7, 11) is 0. The molecule has 0 aliphatic carbocycles. The zero-order valence-electron chi connectivity index (χ0n) is 12.1. The standard InChI is InChI=1S/C16H14BrNO5/c17-11-3-1-2-10(8-11)14-9-18(6-7-22-14)15(19)12-4-5-13(23-12)16(20)21/h1-5,8,14H,6-7,9H2,(H,20,21). The molecule has 120 valence electrons. The molecule has 2 aromatic rings. The number of halogens is 1. The van der Waals surface area contributed by atoms with Crippen LogP contribution in [-0.2, 0) is 4.74 Å². The predicted molar refractivity (Wildman–Crippen MR) is 84.4 cm³/mol. The normalized spacial score (nSPS) is 18.0. The van der Waals surface area contributed by atoms with Crippen LogP contribution in [0.3, 0.4) is 0 Å². The van der Waals surface area contributed by atoms with Gasteiger partial charge < -0.3 is 19.2 Å². The molecule has 0 radical (unpaired) electrons. The van der Waals surface area contributed by atoms with E-state index in [4.69, 9.17) is 14.3 Å². The molecule has 1 fully saturated rings. The van der Waals surface area contributed by atoms with Crippen LogP contribution in [0.4, 0.5) is 0 Å². The van der Waals surface area contributed by atoms with Gasteiger partial charge in [0, 0.05) is 11.0 Å². The highest BCUT2D eigenvalue weighted by Gasteiger charge is 2.28. The van der Waals surface area contributed by atoms with Crippen molar-refractivity contribution in [3.8, 4) is 0 Å². The van der Waals surface area contributed by atoms with Crippen molar-refractivity contribution in [1.29, 1.82) is 0 Å². The first-order valence-corrected chi connectivity index (χ1v) is 7.83. The number of benzene rings is 1. The van der Waals surface area contributed by atoms with Crippen molar-refractivity contribution in [2.24, 2.45) is 0 Å². The fourth-order valence-corrected chi connectivity index (χ4v) is 2.88. The number of morpholine rings is 1. The maximum absolute atomic E-state index is 12.5. The molecule has 0 bridgehead atoms. The van der Waals surface area contributed by atoms with Gasteiger partial charge in [-0.25, -0.2) is 4.79 Å². The SMILES string of the molecule is O=C(O)c1ccc(C(=O)N2CCOC(c3cccc(Br)c3)C2)o1. The fourth-order valence-electron chi connectivity index (χ4n) is 2.47. The van der Waals surface area contributed by atoms with Gasteiger partial charge in [-0.05, 0) is 29.8 Å². The molecule has 1 saturated heterocycles. The molecule has 1 aliphatic heterocycles. The van der Waals surface area contributed by atoms with Crippen LogP contribution in [0.5, 0.6) is 0 Å². The molecule has 1 aromatic carbocycles. The number of nitrogens with zero attached hydrogens (tertiary/aromatic N) is 1. The van der Waals surface area contributed by atoms with Gasteiger partial charge in [0.2, 0.25) is 5.76 Å². The molecule has 1 N–H and O–H groups in total. The van der Waals surface area contributed by atoms with E-state index in [-0.39, 0.29) is 23.5 Å². The maximum atomic E-state index is 12.5. The summed E-state index contributed by atoms with van der Waals surface area (Å²) in [6.07, 6.45) is -0.223. The third-order valence-electron chi connectivity index (χ3n) is 3.60. The average Bonchev–Trinajstić information content (AvgIpc) is 3.04. The Morgan fingerprint density at radius 2 is 2.00 bits per heavy atom. The number of carboxylic acids is 1. The van der Waals surface area contributed by atoms with Gasteiger partial charge >= 0.3 is 5.97 Å². The van der Waals surface area contributed by atoms with E-state index >= 15 is 0 Å². The lowest BCUT2D eigenvalue weighted by Gasteiger charge is -2.32. The van der Waals surface area contributed by atoms with E-state index in [1.165, 1.54) is 12.1 Å². The molecule has 2 heterocycles. The van der Waals surface area contributed by atoms with Crippen molar-refractivity contribution >= 4 is 27.8 Å². The number of carbonyl (C=O) groups is 2. The third kappa shape index (κ3) is 3.46. The van der Waals surface area contributed by atoms with Crippen LogP contribution in [0.2, 0.25) is 0 Å². The monoisotopic (exact) mass is 379 g/mol. The molecule has 1 aliphatic rings. The molecule has 1 aromatic heterocycles. The van der Waals surface area contributed by atoms with Gasteiger partial charge in [-0.15, -0.1) is 0 Å². The number of furan rings is 1. The number of aromatic carboxylic acids is 1. The van der Waals surface area contributed by atoms with Crippen LogP contribution >= 0.6 is 15.9 Å². The summed E-state index contributed by atoms with van der Waals surface area (Å²) in [5, 5.41) is 8.86. The summed E-state index contributed by atoms with van der Waals surface area (Å²) in [6.45, 7) is 1.24. The average molecular weight is 380 g/mol. The molecule has 6 nitrogen and oxygen atoms in total. The lowest BCUT2D eigenvalue weighted by atomic mass is 10.1. The Morgan fingerprint density at radius 3 is 2.70 bits per heavy atom. The minimum Gasteiger partial charge on any atom is -0.475 e. The summed E-state index contributed by atoms with van der Waals surface area (Å²) < 4.78 is 11.8. The van der Waals surface area contributed by atoms with Crippen molar-refractivity contribution in [1.82, 2.24) is 4.90 Å². The Hall–Kier alpha value is -2.12. The van der Waals surface area contributed by atoms with E-state index in [1.54, 1.807) is 4.90 Å². The zero-order chi connectivity index (χ0) is 16.4. The number of hydrogen-bond donors (Lipinski definition) is 1. The summed E-state index contributed by atoms with van der Waals surface area (Å²) >= 11 is 3.42. The number of carbonyl (C=O) groups excluding carboxylic acids is 1. The minimum atomic E-state index is -1.20. The maximum Gasteiger partial charge on any atom is 0.371 e. The number of carboxylic acid groups (broad SMARTS) is 1. The molecule has 0 saturated carbocycles. The minimum absolute atomic E-state index is 0.0253. The van der Waals surface area contributed by atoms with Crippen LogP contribution in [0.15, 0.2) is 45.3 Å². The second-order valence-electron chi connectivity index (χ2n) is 5.13. The highest BCUT2D eigenvalue weighted by molar-refractivity contribution is 9.10. The Morgan fingerprint density at radius 1 is 1.22 bits per heavy atom. The predicted octanol–water partition coefficient (Wildman–Crippen LogP) is 2.95. The van der Waals surface area contributed by atoms with Gasteiger partial charge in [-0.3, -0.25) is 4.79 Å². The topological polar surface area (TPSA) is 80.0 Å². The van der Waals surface area contributed by atoms with E-state index in [9.17, 15) is 9.59 Å². The van der Waals surface area contributed by atoms with Gasteiger partial charge in [0.05, 0.1) is 13.2 Å². The molecule has 7 heteroatoms. The van der Waals surface area contributed by atoms with Crippen LogP contribution in [0, 0.1) is 0 Å². The van der Waals surface area contributed by atoms with Crippen molar-refractivity contribution in [3.63, 3.8) is 0 Å². The number of hydrogen-bond acceptors (Lipinski definition) is 4. The Labute approximate surface area is 140 Å². The molecule has 23 heavy (non-hydrogen) atoms. The fraction of sp³-hybridized carbons (Fsp3) is 0.250. The lowest BCUT2D eigenvalue weighted by Crippen LogP contribution is -2.42. The van der Waals surface area contributed by atoms with Gasteiger partial charge in [-0.1, -0.05) is 28.1 Å². The first-order valence-electron chi connectivity index (χ1n) is 7.04. The Bertz CT molecular complexity index is 742. The van der Waals surface area contributed by atoms with Gasteiger partial charge in [0.15, 0.2) is 5.76 Å². The van der Waals surface area contributed by atoms with Crippen molar-refractivity contribution in [2.75, 3.05) is 19.7 Å². The molecule has 0 spiro atoms. The summed E-state index contributed by atoms with van der Waals surface area (Å²) in [4.78, 5) is 24.9. The van der Waals surface area contributed by atoms with Crippen molar-refractivity contribution in [2.45, 2.75) is 6.10 Å². The molecular weight excluding hydrogens is 366 g/mol. The third-order valence-corrected chi connectivity index (χ3v) is 4.09. The molecule has 1 amide bonds. The summed E-state index contributed by atoms with van der Waals surface area (Å²) in [5.74, 6) is -1.75. The molecule has 1 unspecified atom stereocenters. The van der Waals surface area contributed by atoms with E-state index in [0.29, 0.717) is 19.7 Å².